The fourth-order valence-electron chi connectivity index (χ4n) is 2.51. The van der Waals surface area contributed by atoms with Crippen LogP contribution in [0.25, 0.3) is 0 Å². The van der Waals surface area contributed by atoms with E-state index in [4.69, 9.17) is 14.7 Å². The highest BCUT2D eigenvalue weighted by Gasteiger charge is 2.16. The van der Waals surface area contributed by atoms with Crippen LogP contribution in [0.2, 0.25) is 0 Å². The first-order chi connectivity index (χ1) is 10.8. The SMILES string of the molecule is N#Cc1cccc(C(C#N)Cc2ccc3c(c2)OCCO3)c1. The molecule has 1 atom stereocenters. The lowest BCUT2D eigenvalue weighted by atomic mass is 9.92. The lowest BCUT2D eigenvalue weighted by molar-refractivity contribution is 0.171. The molecule has 0 fully saturated rings. The minimum absolute atomic E-state index is 0.296. The van der Waals surface area contributed by atoms with E-state index >= 15 is 0 Å². The number of nitriles is 2. The van der Waals surface area contributed by atoms with Crippen LogP contribution in [0.5, 0.6) is 11.5 Å². The number of fused-ring (bicyclic) bond motifs is 1. The van der Waals surface area contributed by atoms with Gasteiger partial charge in [-0.1, -0.05) is 18.2 Å². The molecule has 0 saturated carbocycles. The van der Waals surface area contributed by atoms with Gasteiger partial charge in [0.1, 0.15) is 13.2 Å². The Morgan fingerprint density at radius 2 is 1.82 bits per heavy atom. The maximum atomic E-state index is 9.45. The Bertz CT molecular complexity index is 771. The summed E-state index contributed by atoms with van der Waals surface area (Å²) in [6.45, 7) is 1.11. The summed E-state index contributed by atoms with van der Waals surface area (Å²) in [5.74, 6) is 1.18. The van der Waals surface area contributed by atoms with Gasteiger partial charge in [0.15, 0.2) is 11.5 Å². The molecule has 0 spiro atoms. The van der Waals surface area contributed by atoms with E-state index in [9.17, 15) is 5.26 Å². The van der Waals surface area contributed by atoms with Crippen molar-refractivity contribution in [2.75, 3.05) is 13.2 Å². The monoisotopic (exact) mass is 290 g/mol. The van der Waals surface area contributed by atoms with E-state index in [1.54, 1.807) is 12.1 Å². The molecular formula is C18H14N2O2. The lowest BCUT2D eigenvalue weighted by Gasteiger charge is -2.19. The van der Waals surface area contributed by atoms with Gasteiger partial charge in [-0.15, -0.1) is 0 Å². The third kappa shape index (κ3) is 2.87. The van der Waals surface area contributed by atoms with Gasteiger partial charge in [0.2, 0.25) is 0 Å². The maximum absolute atomic E-state index is 9.45. The molecule has 2 aromatic rings. The van der Waals surface area contributed by atoms with Crippen LogP contribution < -0.4 is 9.47 Å². The first-order valence-corrected chi connectivity index (χ1v) is 7.08. The van der Waals surface area contributed by atoms with Gasteiger partial charge in [-0.2, -0.15) is 10.5 Å². The molecule has 1 aliphatic heterocycles. The average molecular weight is 290 g/mol. The van der Waals surface area contributed by atoms with E-state index in [1.165, 1.54) is 0 Å². The zero-order chi connectivity index (χ0) is 15.4. The summed E-state index contributed by atoms with van der Waals surface area (Å²) in [6.07, 6.45) is 0.571. The number of hydrogen-bond donors (Lipinski definition) is 0. The molecule has 0 amide bonds. The highest BCUT2D eigenvalue weighted by Crippen LogP contribution is 2.32. The first-order valence-electron chi connectivity index (χ1n) is 7.08. The molecule has 0 aromatic heterocycles. The van der Waals surface area contributed by atoms with Crippen molar-refractivity contribution in [3.63, 3.8) is 0 Å². The van der Waals surface area contributed by atoms with Gasteiger partial charge in [0.25, 0.3) is 0 Å². The van der Waals surface area contributed by atoms with Crippen LogP contribution >= 0.6 is 0 Å². The fraction of sp³-hybridized carbons (Fsp3) is 0.222. The normalized spacial score (nSPS) is 13.7. The molecule has 1 unspecified atom stereocenters. The van der Waals surface area contributed by atoms with Crippen molar-refractivity contribution >= 4 is 0 Å². The Kier molecular flexibility index (Phi) is 3.94. The van der Waals surface area contributed by atoms with Crippen LogP contribution in [-0.2, 0) is 6.42 Å². The maximum Gasteiger partial charge on any atom is 0.161 e. The van der Waals surface area contributed by atoms with Gasteiger partial charge >= 0.3 is 0 Å². The molecule has 108 valence electrons. The first kappa shape index (κ1) is 14.0. The Hall–Kier alpha value is -2.98. The molecule has 0 saturated heterocycles. The number of nitrogens with zero attached hydrogens (tertiary/aromatic N) is 2. The van der Waals surface area contributed by atoms with E-state index in [1.807, 2.05) is 30.3 Å². The Balaban J connectivity index is 1.84. The van der Waals surface area contributed by atoms with Crippen LogP contribution in [0.3, 0.4) is 0 Å². The topological polar surface area (TPSA) is 66.0 Å². The second-order valence-electron chi connectivity index (χ2n) is 5.10. The molecule has 3 rings (SSSR count). The summed E-state index contributed by atoms with van der Waals surface area (Å²) in [4.78, 5) is 0. The molecule has 2 aromatic carbocycles. The molecule has 4 nitrogen and oxygen atoms in total. The standard InChI is InChI=1S/C18H14N2O2/c19-11-14-2-1-3-15(9-14)16(12-20)8-13-4-5-17-18(10-13)22-7-6-21-17/h1-5,9-10,16H,6-8H2. The van der Waals surface area contributed by atoms with Crippen LogP contribution in [0.15, 0.2) is 42.5 Å². The van der Waals surface area contributed by atoms with E-state index in [-0.39, 0.29) is 5.92 Å². The van der Waals surface area contributed by atoms with Gasteiger partial charge in [-0.05, 0) is 41.8 Å². The van der Waals surface area contributed by atoms with Gasteiger partial charge in [0, 0.05) is 0 Å². The van der Waals surface area contributed by atoms with Crippen molar-refractivity contribution in [1.82, 2.24) is 0 Å². The molecule has 0 bridgehead atoms. The molecule has 22 heavy (non-hydrogen) atoms. The zero-order valence-corrected chi connectivity index (χ0v) is 12.0. The van der Waals surface area contributed by atoms with Crippen molar-refractivity contribution in [3.05, 3.63) is 59.2 Å². The van der Waals surface area contributed by atoms with Crippen molar-refractivity contribution in [2.24, 2.45) is 0 Å². The fourth-order valence-corrected chi connectivity index (χ4v) is 2.51. The third-order valence-corrected chi connectivity index (χ3v) is 3.62. The number of benzene rings is 2. The van der Waals surface area contributed by atoms with E-state index in [2.05, 4.69) is 12.1 Å². The number of ether oxygens (including phenoxy) is 2. The quantitative estimate of drug-likeness (QED) is 0.870. The minimum Gasteiger partial charge on any atom is -0.486 e. The zero-order valence-electron chi connectivity index (χ0n) is 12.0. The van der Waals surface area contributed by atoms with Crippen molar-refractivity contribution < 1.29 is 9.47 Å². The Morgan fingerprint density at radius 1 is 1.00 bits per heavy atom. The third-order valence-electron chi connectivity index (χ3n) is 3.62. The summed E-state index contributed by atoms with van der Waals surface area (Å²) < 4.78 is 11.1. The molecular weight excluding hydrogens is 276 g/mol. The van der Waals surface area contributed by atoms with E-state index in [0.717, 1.165) is 22.6 Å². The smallest absolute Gasteiger partial charge is 0.161 e. The predicted molar refractivity (Wildman–Crippen MR) is 80.6 cm³/mol. The van der Waals surface area contributed by atoms with Gasteiger partial charge in [-0.3, -0.25) is 0 Å². The van der Waals surface area contributed by atoms with E-state index < -0.39 is 0 Å². The van der Waals surface area contributed by atoms with Crippen molar-refractivity contribution in [3.8, 4) is 23.6 Å². The van der Waals surface area contributed by atoms with Crippen LogP contribution in [-0.4, -0.2) is 13.2 Å². The summed E-state index contributed by atoms with van der Waals surface area (Å²) in [7, 11) is 0. The summed E-state index contributed by atoms with van der Waals surface area (Å²) in [5, 5.41) is 18.4. The molecule has 0 radical (unpaired) electrons. The minimum atomic E-state index is -0.296. The van der Waals surface area contributed by atoms with Gasteiger partial charge in [0.05, 0.1) is 23.6 Å². The summed E-state index contributed by atoms with van der Waals surface area (Å²) in [5.41, 5.74) is 2.44. The second kappa shape index (κ2) is 6.20. The number of rotatable bonds is 3. The summed E-state index contributed by atoms with van der Waals surface area (Å²) >= 11 is 0. The predicted octanol–water partition coefficient (Wildman–Crippen LogP) is 3.18. The Morgan fingerprint density at radius 3 is 2.59 bits per heavy atom. The van der Waals surface area contributed by atoms with Crippen LogP contribution in [0, 0.1) is 22.7 Å². The molecule has 0 aliphatic carbocycles. The van der Waals surface area contributed by atoms with Gasteiger partial charge < -0.3 is 9.47 Å². The second-order valence-corrected chi connectivity index (χ2v) is 5.10. The van der Waals surface area contributed by atoms with E-state index in [0.29, 0.717) is 25.2 Å². The number of hydrogen-bond acceptors (Lipinski definition) is 4. The molecule has 4 heteroatoms. The Labute approximate surface area is 129 Å². The molecule has 1 heterocycles. The van der Waals surface area contributed by atoms with Crippen LogP contribution in [0.1, 0.15) is 22.6 Å². The summed E-state index contributed by atoms with van der Waals surface area (Å²) in [6, 6.07) is 17.4. The molecule has 1 aliphatic rings. The van der Waals surface area contributed by atoms with Crippen LogP contribution in [0.4, 0.5) is 0 Å². The molecule has 0 N–H and O–H groups in total. The van der Waals surface area contributed by atoms with Crippen molar-refractivity contribution in [2.45, 2.75) is 12.3 Å². The van der Waals surface area contributed by atoms with Crippen molar-refractivity contribution in [1.29, 1.82) is 10.5 Å². The lowest BCUT2D eigenvalue weighted by Crippen LogP contribution is -2.15. The highest BCUT2D eigenvalue weighted by molar-refractivity contribution is 5.45. The largest absolute Gasteiger partial charge is 0.486 e. The average Bonchev–Trinajstić information content (AvgIpc) is 2.59. The highest BCUT2D eigenvalue weighted by atomic mass is 16.6. The van der Waals surface area contributed by atoms with Gasteiger partial charge in [-0.25, -0.2) is 0 Å².